The van der Waals surface area contributed by atoms with Crippen molar-refractivity contribution in [3.63, 3.8) is 0 Å². The van der Waals surface area contributed by atoms with Gasteiger partial charge in [0.15, 0.2) is 0 Å². The molecular weight excluding hydrogens is 254 g/mol. The van der Waals surface area contributed by atoms with Gasteiger partial charge in [0, 0.05) is 12.6 Å². The van der Waals surface area contributed by atoms with Crippen molar-refractivity contribution in [1.82, 2.24) is 5.32 Å². The Balaban J connectivity index is 2.20. The van der Waals surface area contributed by atoms with Gasteiger partial charge in [0.05, 0.1) is 5.56 Å². The predicted molar refractivity (Wildman–Crippen MR) is 80.0 cm³/mol. The van der Waals surface area contributed by atoms with E-state index in [4.69, 9.17) is 5.11 Å². The Labute approximate surface area is 120 Å². The fraction of sp³-hybridized carbons (Fsp3) is 0.562. The van der Waals surface area contributed by atoms with Gasteiger partial charge >= 0.3 is 0 Å². The zero-order chi connectivity index (χ0) is 15.0. The number of carbonyl (C=O) groups is 1. The monoisotopic (exact) mass is 279 g/mol. The molecule has 0 spiro atoms. The first kappa shape index (κ1) is 16.3. The van der Waals surface area contributed by atoms with Crippen molar-refractivity contribution < 1.29 is 15.0 Å². The second-order valence-corrected chi connectivity index (χ2v) is 5.55. The summed E-state index contributed by atoms with van der Waals surface area (Å²) < 4.78 is 0. The van der Waals surface area contributed by atoms with E-state index in [1.54, 1.807) is 0 Å². The lowest BCUT2D eigenvalue weighted by molar-refractivity contribution is 0.0950. The molecule has 0 radical (unpaired) electrons. The molecule has 1 rings (SSSR count). The number of unbranched alkanes of at least 4 members (excludes halogenated alkanes) is 3. The highest BCUT2D eigenvalue weighted by Crippen LogP contribution is 2.22. The molecule has 0 atom stereocenters. The van der Waals surface area contributed by atoms with Crippen LogP contribution in [0, 0.1) is 5.92 Å². The Hall–Kier alpha value is -1.71. The Kier molecular flexibility index (Phi) is 6.91. The highest BCUT2D eigenvalue weighted by molar-refractivity contribution is 5.96. The summed E-state index contributed by atoms with van der Waals surface area (Å²) in [4.78, 5) is 11.8. The number of hydrogen-bond acceptors (Lipinski definition) is 3. The maximum absolute atomic E-state index is 11.8. The highest BCUT2D eigenvalue weighted by atomic mass is 16.3. The fourth-order valence-corrected chi connectivity index (χ4v) is 2.04. The summed E-state index contributed by atoms with van der Waals surface area (Å²) >= 11 is 0. The lowest BCUT2D eigenvalue weighted by Crippen LogP contribution is -2.24. The molecule has 1 aromatic carbocycles. The number of phenols is 2. The molecule has 1 amide bonds. The van der Waals surface area contributed by atoms with Gasteiger partial charge in [-0.15, -0.1) is 0 Å². The first-order valence-corrected chi connectivity index (χ1v) is 7.31. The van der Waals surface area contributed by atoms with Crippen LogP contribution in [-0.2, 0) is 0 Å². The summed E-state index contributed by atoms with van der Waals surface area (Å²) in [6, 6.07) is 3.98. The lowest BCUT2D eigenvalue weighted by Gasteiger charge is -2.07. The first-order valence-electron chi connectivity index (χ1n) is 7.31. The van der Waals surface area contributed by atoms with Crippen LogP contribution < -0.4 is 5.32 Å². The van der Waals surface area contributed by atoms with E-state index in [-0.39, 0.29) is 23.0 Å². The van der Waals surface area contributed by atoms with Crippen LogP contribution in [0.3, 0.4) is 0 Å². The molecule has 0 fully saturated rings. The largest absolute Gasteiger partial charge is 0.508 e. The quantitative estimate of drug-likeness (QED) is 0.638. The van der Waals surface area contributed by atoms with Gasteiger partial charge < -0.3 is 15.5 Å². The molecule has 1 aromatic rings. The molecule has 112 valence electrons. The Bertz CT molecular complexity index is 430. The molecular formula is C16H25NO3. The van der Waals surface area contributed by atoms with Crippen LogP contribution in [0.5, 0.6) is 11.5 Å². The molecule has 20 heavy (non-hydrogen) atoms. The fourth-order valence-electron chi connectivity index (χ4n) is 2.04. The molecule has 0 aliphatic carbocycles. The van der Waals surface area contributed by atoms with Crippen LogP contribution in [0.25, 0.3) is 0 Å². The average molecular weight is 279 g/mol. The summed E-state index contributed by atoms with van der Waals surface area (Å²) in [5, 5.41) is 21.5. The van der Waals surface area contributed by atoms with E-state index in [1.807, 2.05) is 0 Å². The van der Waals surface area contributed by atoms with Gasteiger partial charge in [-0.1, -0.05) is 39.5 Å². The van der Waals surface area contributed by atoms with Crippen molar-refractivity contribution >= 4 is 5.91 Å². The normalized spacial score (nSPS) is 10.8. The maximum atomic E-state index is 11.8. The van der Waals surface area contributed by atoms with Gasteiger partial charge in [-0.05, 0) is 24.5 Å². The average Bonchev–Trinajstić information content (AvgIpc) is 2.37. The minimum Gasteiger partial charge on any atom is -0.508 e. The number of benzene rings is 1. The third kappa shape index (κ3) is 5.95. The summed E-state index contributed by atoms with van der Waals surface area (Å²) in [6.45, 7) is 5.07. The third-order valence-electron chi connectivity index (χ3n) is 3.22. The zero-order valence-electron chi connectivity index (χ0n) is 12.4. The number of amides is 1. The molecule has 4 nitrogen and oxygen atoms in total. The summed E-state index contributed by atoms with van der Waals surface area (Å²) in [5.74, 6) is 0.209. The van der Waals surface area contributed by atoms with Gasteiger partial charge in [-0.25, -0.2) is 0 Å². The Morgan fingerprint density at radius 3 is 2.50 bits per heavy atom. The minimum absolute atomic E-state index is 0.0517. The van der Waals surface area contributed by atoms with Gasteiger partial charge in [-0.3, -0.25) is 4.79 Å². The van der Waals surface area contributed by atoms with Gasteiger partial charge in [0.1, 0.15) is 11.5 Å². The van der Waals surface area contributed by atoms with Crippen molar-refractivity contribution in [3.05, 3.63) is 23.8 Å². The zero-order valence-corrected chi connectivity index (χ0v) is 12.4. The molecule has 4 heteroatoms. The number of aromatic hydroxyl groups is 2. The van der Waals surface area contributed by atoms with Gasteiger partial charge in [-0.2, -0.15) is 0 Å². The second-order valence-electron chi connectivity index (χ2n) is 5.55. The second kappa shape index (κ2) is 8.46. The number of rotatable bonds is 8. The van der Waals surface area contributed by atoms with E-state index in [1.165, 1.54) is 37.5 Å². The molecule has 0 saturated heterocycles. The van der Waals surface area contributed by atoms with Crippen molar-refractivity contribution in [1.29, 1.82) is 0 Å². The highest BCUT2D eigenvalue weighted by Gasteiger charge is 2.10. The van der Waals surface area contributed by atoms with E-state index in [9.17, 15) is 9.90 Å². The molecule has 0 saturated carbocycles. The molecule has 0 bridgehead atoms. The molecule has 3 N–H and O–H groups in total. The SMILES string of the molecule is CC(C)CCCCCCNC(=O)c1ccc(O)cc1O. The summed E-state index contributed by atoms with van der Waals surface area (Å²) in [6.07, 6.45) is 5.74. The number of carbonyl (C=O) groups excluding carboxylic acids is 1. The van der Waals surface area contributed by atoms with Crippen LogP contribution in [0.1, 0.15) is 56.3 Å². The number of nitrogens with one attached hydrogen (secondary N) is 1. The topological polar surface area (TPSA) is 69.6 Å². The Morgan fingerprint density at radius 2 is 1.85 bits per heavy atom. The number of phenolic OH excluding ortho intramolecular Hbond substituents is 2. The van der Waals surface area contributed by atoms with E-state index in [0.717, 1.165) is 18.8 Å². The standard InChI is InChI=1S/C16H25NO3/c1-12(2)7-5-3-4-6-10-17-16(20)14-9-8-13(18)11-15(14)19/h8-9,11-12,18-19H,3-7,10H2,1-2H3,(H,17,20). The van der Waals surface area contributed by atoms with E-state index in [2.05, 4.69) is 19.2 Å². The third-order valence-corrected chi connectivity index (χ3v) is 3.22. The van der Waals surface area contributed by atoms with Crippen molar-refractivity contribution in [2.45, 2.75) is 46.0 Å². The first-order chi connectivity index (χ1) is 9.50. The van der Waals surface area contributed by atoms with Crippen molar-refractivity contribution in [3.8, 4) is 11.5 Å². The molecule has 0 aromatic heterocycles. The molecule has 0 aliphatic heterocycles. The van der Waals surface area contributed by atoms with Crippen LogP contribution in [-0.4, -0.2) is 22.7 Å². The maximum Gasteiger partial charge on any atom is 0.255 e. The smallest absolute Gasteiger partial charge is 0.255 e. The molecule has 0 heterocycles. The minimum atomic E-state index is -0.301. The van der Waals surface area contributed by atoms with Crippen molar-refractivity contribution in [2.75, 3.05) is 6.54 Å². The Morgan fingerprint density at radius 1 is 1.15 bits per heavy atom. The summed E-state index contributed by atoms with van der Waals surface area (Å²) in [7, 11) is 0. The van der Waals surface area contributed by atoms with E-state index >= 15 is 0 Å². The van der Waals surface area contributed by atoms with E-state index in [0.29, 0.717) is 6.54 Å². The van der Waals surface area contributed by atoms with Gasteiger partial charge in [0.25, 0.3) is 5.91 Å². The van der Waals surface area contributed by atoms with Crippen LogP contribution in [0.15, 0.2) is 18.2 Å². The van der Waals surface area contributed by atoms with Crippen molar-refractivity contribution in [2.24, 2.45) is 5.92 Å². The number of hydrogen-bond donors (Lipinski definition) is 3. The van der Waals surface area contributed by atoms with E-state index < -0.39 is 0 Å². The van der Waals surface area contributed by atoms with Crippen LogP contribution in [0.4, 0.5) is 0 Å². The molecule has 0 aliphatic rings. The van der Waals surface area contributed by atoms with Crippen LogP contribution >= 0.6 is 0 Å². The lowest BCUT2D eigenvalue weighted by atomic mass is 10.0. The summed E-state index contributed by atoms with van der Waals surface area (Å²) in [5.41, 5.74) is 0.197. The molecule has 0 unspecified atom stereocenters. The van der Waals surface area contributed by atoms with Gasteiger partial charge in [0.2, 0.25) is 0 Å². The predicted octanol–water partition coefficient (Wildman–Crippen LogP) is 3.43. The van der Waals surface area contributed by atoms with Crippen LogP contribution in [0.2, 0.25) is 0 Å².